The quantitative estimate of drug-likeness (QED) is 0.660. The second kappa shape index (κ2) is 7.60. The van der Waals surface area contributed by atoms with Crippen molar-refractivity contribution in [2.45, 2.75) is 50.6 Å². The molecule has 3 aliphatic carbocycles. The molecule has 0 aromatic carbocycles. The van der Waals surface area contributed by atoms with Crippen LogP contribution in [-0.4, -0.2) is 57.3 Å². The van der Waals surface area contributed by atoms with E-state index in [4.69, 9.17) is 11.5 Å². The summed E-state index contributed by atoms with van der Waals surface area (Å²) in [6, 6.07) is 5.54. The summed E-state index contributed by atoms with van der Waals surface area (Å²) in [6.45, 7) is 4.11. The normalized spacial score (nSPS) is 32.2. The molecule has 2 amide bonds. The van der Waals surface area contributed by atoms with Gasteiger partial charge in [-0.2, -0.15) is 0 Å². The molecule has 5 N–H and O–H groups in total. The molecular formula is C23H32N6O2. The predicted molar refractivity (Wildman–Crippen MR) is 117 cm³/mol. The van der Waals surface area contributed by atoms with E-state index in [1.165, 1.54) is 6.42 Å². The van der Waals surface area contributed by atoms with Gasteiger partial charge in [0.25, 0.3) is 5.91 Å². The number of amides is 2. The highest BCUT2D eigenvalue weighted by Gasteiger charge is 2.54. The average molecular weight is 425 g/mol. The fourth-order valence-electron chi connectivity index (χ4n) is 5.87. The van der Waals surface area contributed by atoms with Crippen LogP contribution < -0.4 is 16.8 Å². The van der Waals surface area contributed by atoms with Crippen LogP contribution in [0.5, 0.6) is 0 Å². The number of aromatic nitrogens is 2. The maximum Gasteiger partial charge on any atom is 0.268 e. The highest BCUT2D eigenvalue weighted by molar-refractivity contribution is 5.93. The van der Waals surface area contributed by atoms with Crippen LogP contribution in [-0.2, 0) is 11.2 Å². The lowest BCUT2D eigenvalue weighted by Gasteiger charge is -2.59. The Kier molecular flexibility index (Phi) is 5.01. The summed E-state index contributed by atoms with van der Waals surface area (Å²) in [5.74, 6) is 1.48. The van der Waals surface area contributed by atoms with Gasteiger partial charge < -0.3 is 21.7 Å². The number of fused-ring (bicyclic) bond motifs is 3. The van der Waals surface area contributed by atoms with Crippen LogP contribution in [0.25, 0.3) is 5.65 Å². The molecule has 0 spiro atoms. The van der Waals surface area contributed by atoms with E-state index in [0.29, 0.717) is 54.4 Å². The Balaban J connectivity index is 1.26. The molecule has 2 aromatic rings. The maximum absolute atomic E-state index is 13.0. The van der Waals surface area contributed by atoms with E-state index in [1.54, 1.807) is 21.6 Å². The Bertz CT molecular complexity index is 1010. The van der Waals surface area contributed by atoms with E-state index >= 15 is 0 Å². The molecule has 3 heterocycles. The van der Waals surface area contributed by atoms with E-state index in [-0.39, 0.29) is 29.8 Å². The molecule has 6 rings (SSSR count). The zero-order valence-electron chi connectivity index (χ0n) is 18.1. The van der Waals surface area contributed by atoms with E-state index < -0.39 is 0 Å². The third-order valence-corrected chi connectivity index (χ3v) is 7.88. The third-order valence-electron chi connectivity index (χ3n) is 7.88. The van der Waals surface area contributed by atoms with Crippen molar-refractivity contribution in [2.75, 3.05) is 19.6 Å². The zero-order chi connectivity index (χ0) is 21.8. The van der Waals surface area contributed by atoms with Crippen molar-refractivity contribution < 1.29 is 9.59 Å². The van der Waals surface area contributed by atoms with Crippen molar-refractivity contribution in [2.24, 2.45) is 29.2 Å². The first-order valence-corrected chi connectivity index (χ1v) is 11.4. The smallest absolute Gasteiger partial charge is 0.268 e. The molecule has 166 valence electrons. The van der Waals surface area contributed by atoms with Gasteiger partial charge in [-0.15, -0.1) is 0 Å². The summed E-state index contributed by atoms with van der Waals surface area (Å²) in [5, 5.41) is 3.12. The minimum absolute atomic E-state index is 0.0308. The molecular weight excluding hydrogens is 392 g/mol. The number of rotatable bonds is 5. The van der Waals surface area contributed by atoms with Gasteiger partial charge in [-0.05, 0) is 62.5 Å². The molecule has 2 aromatic heterocycles. The molecule has 4 fully saturated rings. The molecule has 3 unspecified atom stereocenters. The van der Waals surface area contributed by atoms with Gasteiger partial charge in [-0.25, -0.2) is 4.98 Å². The maximum atomic E-state index is 13.0. The minimum atomic E-state index is -0.119. The Morgan fingerprint density at radius 3 is 2.84 bits per heavy atom. The van der Waals surface area contributed by atoms with E-state index in [1.807, 2.05) is 12.1 Å². The van der Waals surface area contributed by atoms with E-state index in [9.17, 15) is 9.59 Å². The molecule has 8 nitrogen and oxygen atoms in total. The fraction of sp³-hybridized carbons (Fsp3) is 0.609. The Morgan fingerprint density at radius 2 is 2.13 bits per heavy atom. The lowest BCUT2D eigenvalue weighted by Crippen LogP contribution is -2.66. The molecule has 31 heavy (non-hydrogen) atoms. The summed E-state index contributed by atoms with van der Waals surface area (Å²) in [4.78, 5) is 31.9. The van der Waals surface area contributed by atoms with Crippen molar-refractivity contribution in [1.82, 2.24) is 19.6 Å². The third kappa shape index (κ3) is 3.61. The van der Waals surface area contributed by atoms with Crippen molar-refractivity contribution in [3.8, 4) is 0 Å². The molecule has 4 aliphatic rings. The first-order valence-electron chi connectivity index (χ1n) is 11.4. The first kappa shape index (κ1) is 20.5. The number of carbonyl (C=O) groups is 2. The number of imidazole rings is 1. The molecule has 2 bridgehead atoms. The Morgan fingerprint density at radius 1 is 1.29 bits per heavy atom. The number of carbonyl (C=O) groups excluding carboxylic acids is 2. The lowest BCUT2D eigenvalue weighted by molar-refractivity contribution is -0.129. The average Bonchev–Trinajstić information content (AvgIpc) is 3.37. The Hall–Kier alpha value is -2.45. The van der Waals surface area contributed by atoms with Crippen LogP contribution in [0.4, 0.5) is 0 Å². The topological polar surface area (TPSA) is 119 Å². The van der Waals surface area contributed by atoms with Crippen LogP contribution in [0.2, 0.25) is 0 Å². The number of pyridine rings is 1. The van der Waals surface area contributed by atoms with Gasteiger partial charge in [0.2, 0.25) is 5.91 Å². The van der Waals surface area contributed by atoms with Gasteiger partial charge in [-0.3, -0.25) is 14.0 Å². The standard InChI is InChI=1S/C23H32N6O2/c1-23(25)15-6-5-14(18(23)9-15)11-26-22(31)19-3-2-4-20-27-17(13-29(19)20)10-21(30)28-8-7-16(24)12-28/h2-4,13-16,18H,5-12,24-25H2,1H3,(H,26,31)/t14-,15?,16-,18?,23?/m1/s1. The van der Waals surface area contributed by atoms with Crippen LogP contribution in [0.3, 0.4) is 0 Å². The van der Waals surface area contributed by atoms with Crippen molar-refractivity contribution in [3.63, 3.8) is 0 Å². The summed E-state index contributed by atoms with van der Waals surface area (Å²) in [7, 11) is 0. The van der Waals surface area contributed by atoms with Crippen LogP contribution in [0.15, 0.2) is 24.4 Å². The second-order valence-corrected chi connectivity index (χ2v) is 9.89. The Labute approximate surface area is 182 Å². The van der Waals surface area contributed by atoms with Gasteiger partial charge in [0.15, 0.2) is 0 Å². The highest BCUT2D eigenvalue weighted by Crippen LogP contribution is 2.54. The van der Waals surface area contributed by atoms with Crippen LogP contribution in [0.1, 0.15) is 48.8 Å². The highest BCUT2D eigenvalue weighted by atomic mass is 16.2. The summed E-state index contributed by atoms with van der Waals surface area (Å²) >= 11 is 0. The van der Waals surface area contributed by atoms with Crippen molar-refractivity contribution >= 4 is 17.5 Å². The number of nitrogens with one attached hydrogen (secondary N) is 1. The number of nitrogens with zero attached hydrogens (tertiary/aromatic N) is 3. The SMILES string of the molecule is CC1(N)C2CC[C@H](CNC(=O)c3cccc4nc(CC(=O)N5CC[C@@H](N)C5)cn34)C1C2. The van der Waals surface area contributed by atoms with Crippen molar-refractivity contribution in [3.05, 3.63) is 35.8 Å². The van der Waals surface area contributed by atoms with E-state index in [2.05, 4.69) is 17.2 Å². The summed E-state index contributed by atoms with van der Waals surface area (Å²) in [5.41, 5.74) is 14.2. The van der Waals surface area contributed by atoms with Crippen LogP contribution >= 0.6 is 0 Å². The summed E-state index contributed by atoms with van der Waals surface area (Å²) in [6.07, 6.45) is 6.32. The number of nitrogens with two attached hydrogens (primary N) is 2. The van der Waals surface area contributed by atoms with Crippen LogP contribution in [0, 0.1) is 17.8 Å². The molecule has 8 heteroatoms. The molecule has 0 radical (unpaired) electrons. The van der Waals surface area contributed by atoms with E-state index in [0.717, 1.165) is 19.3 Å². The van der Waals surface area contributed by atoms with Gasteiger partial charge in [0.05, 0.1) is 12.1 Å². The second-order valence-electron chi connectivity index (χ2n) is 9.89. The van der Waals surface area contributed by atoms with Gasteiger partial charge in [0, 0.05) is 37.4 Å². The minimum Gasteiger partial charge on any atom is -0.350 e. The first-order chi connectivity index (χ1) is 14.8. The fourth-order valence-corrected chi connectivity index (χ4v) is 5.87. The summed E-state index contributed by atoms with van der Waals surface area (Å²) < 4.78 is 1.78. The monoisotopic (exact) mass is 424 g/mol. The van der Waals surface area contributed by atoms with Crippen molar-refractivity contribution in [1.29, 1.82) is 0 Å². The lowest BCUT2D eigenvalue weighted by atomic mass is 9.49. The molecule has 1 saturated heterocycles. The van der Waals surface area contributed by atoms with Gasteiger partial charge in [0.1, 0.15) is 11.3 Å². The molecule has 5 atom stereocenters. The molecule has 3 saturated carbocycles. The molecule has 1 aliphatic heterocycles. The van der Waals surface area contributed by atoms with Gasteiger partial charge >= 0.3 is 0 Å². The zero-order valence-corrected chi connectivity index (χ0v) is 18.1. The number of hydrogen-bond acceptors (Lipinski definition) is 5. The number of likely N-dealkylation sites (tertiary alicyclic amines) is 1. The largest absolute Gasteiger partial charge is 0.350 e. The van der Waals surface area contributed by atoms with Gasteiger partial charge in [-0.1, -0.05) is 6.07 Å². The predicted octanol–water partition coefficient (Wildman–Crippen LogP) is 0.930. The number of hydrogen-bond donors (Lipinski definition) is 3.